The van der Waals surface area contributed by atoms with Crippen molar-refractivity contribution >= 4 is 35.0 Å². The number of aryl methyl sites for hydroxylation is 1. The molecule has 1 aromatic heterocycles. The third-order valence-electron chi connectivity index (χ3n) is 5.88. The highest BCUT2D eigenvalue weighted by atomic mass is 35.5. The lowest BCUT2D eigenvalue weighted by Gasteiger charge is -2.19. The standard InChI is InChI=1S/C26H28ClF3O3S/c1-2-14-33-25(32)24-13-12-19(34-24)9-5-10-20-21(23(31)16-22(20)27)11-4-7-17-6-3-8-18(15-17)26(28,29)30/h3,6-8,11-13,15,20-23,31H,2,5,9-10,14,16H2,1H3/t4?,20-,21-,22-,23-/m1/s1. The van der Waals surface area contributed by atoms with Crippen molar-refractivity contribution in [3.8, 4) is 0 Å². The first kappa shape index (κ1) is 26.6. The van der Waals surface area contributed by atoms with E-state index >= 15 is 0 Å². The van der Waals surface area contributed by atoms with E-state index in [2.05, 4.69) is 5.73 Å². The zero-order chi connectivity index (χ0) is 24.7. The number of aliphatic hydroxyl groups is 1. The van der Waals surface area contributed by atoms with Gasteiger partial charge in [0.15, 0.2) is 0 Å². The molecule has 1 aliphatic carbocycles. The van der Waals surface area contributed by atoms with E-state index in [0.29, 0.717) is 23.5 Å². The minimum atomic E-state index is -4.40. The van der Waals surface area contributed by atoms with Crippen LogP contribution in [0, 0.1) is 11.8 Å². The Bertz CT molecular complexity index is 1030. The van der Waals surface area contributed by atoms with Crippen LogP contribution in [0.25, 0.3) is 6.08 Å². The molecular weight excluding hydrogens is 485 g/mol. The molecule has 0 aliphatic heterocycles. The third kappa shape index (κ3) is 7.22. The summed E-state index contributed by atoms with van der Waals surface area (Å²) in [6.45, 7) is 2.35. The Kier molecular flexibility index (Phi) is 9.43. The van der Waals surface area contributed by atoms with Crippen molar-refractivity contribution in [1.82, 2.24) is 0 Å². The number of halogens is 4. The number of hydrogen-bond donors (Lipinski definition) is 1. The number of carbonyl (C=O) groups is 1. The van der Waals surface area contributed by atoms with Crippen LogP contribution in [0.4, 0.5) is 13.2 Å². The van der Waals surface area contributed by atoms with E-state index < -0.39 is 17.8 Å². The highest BCUT2D eigenvalue weighted by molar-refractivity contribution is 7.13. The van der Waals surface area contributed by atoms with Gasteiger partial charge in [-0.2, -0.15) is 13.2 Å². The monoisotopic (exact) mass is 512 g/mol. The summed E-state index contributed by atoms with van der Waals surface area (Å²) < 4.78 is 43.9. The van der Waals surface area contributed by atoms with E-state index in [9.17, 15) is 23.1 Å². The van der Waals surface area contributed by atoms with E-state index in [4.69, 9.17) is 16.3 Å². The lowest BCUT2D eigenvalue weighted by atomic mass is 9.89. The second kappa shape index (κ2) is 12.1. The van der Waals surface area contributed by atoms with E-state index in [1.165, 1.54) is 23.5 Å². The SMILES string of the molecule is CCCOC(=O)c1ccc(CCC[C@@H]2[C@@H](C=C=Cc3cccc(C(F)(F)F)c3)[C@H](O)C[C@H]2Cl)s1. The predicted octanol–water partition coefficient (Wildman–Crippen LogP) is 7.13. The third-order valence-corrected chi connectivity index (χ3v) is 7.51. The van der Waals surface area contributed by atoms with Crippen molar-refractivity contribution in [2.24, 2.45) is 11.8 Å². The number of hydrogen-bond acceptors (Lipinski definition) is 4. The van der Waals surface area contributed by atoms with Gasteiger partial charge in [-0.25, -0.2) is 4.79 Å². The Morgan fingerprint density at radius 3 is 2.85 bits per heavy atom. The van der Waals surface area contributed by atoms with Crippen molar-refractivity contribution < 1.29 is 27.8 Å². The van der Waals surface area contributed by atoms with Crippen molar-refractivity contribution in [3.05, 3.63) is 69.1 Å². The van der Waals surface area contributed by atoms with Crippen molar-refractivity contribution in [3.63, 3.8) is 0 Å². The molecule has 1 N–H and O–H groups in total. The lowest BCUT2D eigenvalue weighted by Crippen LogP contribution is -2.18. The van der Waals surface area contributed by atoms with Crippen LogP contribution in [0.1, 0.15) is 58.3 Å². The molecule has 184 valence electrons. The van der Waals surface area contributed by atoms with Gasteiger partial charge in [0.05, 0.1) is 18.3 Å². The summed E-state index contributed by atoms with van der Waals surface area (Å²) >= 11 is 7.94. The zero-order valence-electron chi connectivity index (χ0n) is 18.9. The minimum Gasteiger partial charge on any atom is -0.462 e. The van der Waals surface area contributed by atoms with Gasteiger partial charge in [0.1, 0.15) is 4.88 Å². The highest BCUT2D eigenvalue weighted by Crippen LogP contribution is 2.40. The van der Waals surface area contributed by atoms with Crippen LogP contribution in [0.5, 0.6) is 0 Å². The second-order valence-electron chi connectivity index (χ2n) is 8.46. The molecular formula is C26H28ClF3O3S. The van der Waals surface area contributed by atoms with Crippen LogP contribution in [0.3, 0.4) is 0 Å². The molecule has 1 heterocycles. The van der Waals surface area contributed by atoms with Crippen LogP contribution in [0.15, 0.2) is 48.2 Å². The molecule has 2 aromatic rings. The quantitative estimate of drug-likeness (QED) is 0.221. The fourth-order valence-corrected chi connectivity index (χ4v) is 5.58. The summed E-state index contributed by atoms with van der Waals surface area (Å²) in [7, 11) is 0. The van der Waals surface area contributed by atoms with Gasteiger partial charge < -0.3 is 9.84 Å². The molecule has 0 amide bonds. The number of carbonyl (C=O) groups excluding carboxylic acids is 1. The maximum atomic E-state index is 12.9. The van der Waals surface area contributed by atoms with E-state index in [1.807, 2.05) is 13.0 Å². The van der Waals surface area contributed by atoms with Crippen LogP contribution in [-0.4, -0.2) is 29.2 Å². The van der Waals surface area contributed by atoms with Crippen LogP contribution in [0.2, 0.25) is 0 Å². The molecule has 4 atom stereocenters. The van der Waals surface area contributed by atoms with Gasteiger partial charge in [-0.05, 0) is 80.0 Å². The number of rotatable bonds is 9. The minimum absolute atomic E-state index is 0.0352. The van der Waals surface area contributed by atoms with E-state index in [-0.39, 0.29) is 23.2 Å². The van der Waals surface area contributed by atoms with Gasteiger partial charge in [0, 0.05) is 16.2 Å². The number of benzene rings is 1. The smallest absolute Gasteiger partial charge is 0.416 e. The first-order chi connectivity index (χ1) is 16.2. The van der Waals surface area contributed by atoms with Gasteiger partial charge in [0.2, 0.25) is 0 Å². The number of alkyl halides is 4. The molecule has 8 heteroatoms. The van der Waals surface area contributed by atoms with Gasteiger partial charge in [0.25, 0.3) is 0 Å². The summed E-state index contributed by atoms with van der Waals surface area (Å²) in [6.07, 6.45) is 1.86. The summed E-state index contributed by atoms with van der Waals surface area (Å²) in [5.74, 6) is -0.476. The number of aliphatic hydroxyl groups excluding tert-OH is 1. The Morgan fingerprint density at radius 2 is 2.12 bits per heavy atom. The average molecular weight is 513 g/mol. The molecule has 1 fully saturated rings. The average Bonchev–Trinajstić information content (AvgIpc) is 3.37. The predicted molar refractivity (Wildman–Crippen MR) is 129 cm³/mol. The molecule has 1 aliphatic rings. The normalized spacial score (nSPS) is 22.3. The molecule has 0 bridgehead atoms. The molecule has 34 heavy (non-hydrogen) atoms. The summed E-state index contributed by atoms with van der Waals surface area (Å²) in [6, 6.07) is 8.76. The van der Waals surface area contributed by atoms with Crippen molar-refractivity contribution in [2.45, 2.75) is 56.7 Å². The molecule has 3 rings (SSSR count). The Balaban J connectivity index is 1.60. The summed E-state index contributed by atoms with van der Waals surface area (Å²) in [5.41, 5.74) is 2.64. The molecule has 0 unspecified atom stereocenters. The number of ether oxygens (including phenoxy) is 1. The van der Waals surface area contributed by atoms with Crippen molar-refractivity contribution in [1.29, 1.82) is 0 Å². The molecule has 0 spiro atoms. The molecule has 1 aromatic carbocycles. The fourth-order valence-electron chi connectivity index (χ4n) is 4.16. The largest absolute Gasteiger partial charge is 0.462 e. The number of esters is 1. The molecule has 0 radical (unpaired) electrons. The Labute approximate surface area is 206 Å². The molecule has 1 saturated carbocycles. The van der Waals surface area contributed by atoms with Crippen LogP contribution in [-0.2, 0) is 17.3 Å². The van der Waals surface area contributed by atoms with Crippen LogP contribution < -0.4 is 0 Å². The van der Waals surface area contributed by atoms with Gasteiger partial charge >= 0.3 is 12.1 Å². The van der Waals surface area contributed by atoms with E-state index in [0.717, 1.165) is 42.7 Å². The lowest BCUT2D eigenvalue weighted by molar-refractivity contribution is -0.137. The van der Waals surface area contributed by atoms with Gasteiger partial charge in [-0.15, -0.1) is 28.7 Å². The summed E-state index contributed by atoms with van der Waals surface area (Å²) in [4.78, 5) is 13.6. The topological polar surface area (TPSA) is 46.5 Å². The molecule has 0 saturated heterocycles. The van der Waals surface area contributed by atoms with Crippen LogP contribution >= 0.6 is 22.9 Å². The first-order valence-corrected chi connectivity index (χ1v) is 12.6. The van der Waals surface area contributed by atoms with E-state index in [1.54, 1.807) is 18.2 Å². The maximum absolute atomic E-state index is 12.9. The first-order valence-electron chi connectivity index (χ1n) is 11.4. The zero-order valence-corrected chi connectivity index (χ0v) is 20.4. The Hall–Kier alpha value is -2.05. The highest BCUT2D eigenvalue weighted by Gasteiger charge is 2.39. The fraction of sp³-hybridized carbons (Fsp3) is 0.462. The summed E-state index contributed by atoms with van der Waals surface area (Å²) in [5, 5.41) is 10.3. The van der Waals surface area contributed by atoms with Gasteiger partial charge in [-0.3, -0.25) is 0 Å². The number of thiophene rings is 1. The van der Waals surface area contributed by atoms with Crippen molar-refractivity contribution in [2.75, 3.05) is 6.61 Å². The van der Waals surface area contributed by atoms with Gasteiger partial charge in [-0.1, -0.05) is 19.1 Å². The maximum Gasteiger partial charge on any atom is 0.416 e. The Morgan fingerprint density at radius 1 is 1.32 bits per heavy atom. The second-order valence-corrected chi connectivity index (χ2v) is 10.2. The molecule has 3 nitrogen and oxygen atoms in total.